The average molecular weight is 372 g/mol. The monoisotopic (exact) mass is 371 g/mol. The molecule has 2 fully saturated rings. The second-order valence-electron chi connectivity index (χ2n) is 6.15. The number of halogens is 1. The molecule has 0 amide bonds. The Bertz CT molecular complexity index is 773. The largest absolute Gasteiger partial charge is 0.451 e. The van der Waals surface area contributed by atoms with Crippen molar-refractivity contribution in [2.45, 2.75) is 55.6 Å². The summed E-state index contributed by atoms with van der Waals surface area (Å²) >= 11 is 5.98. The summed E-state index contributed by atoms with van der Waals surface area (Å²) in [4.78, 5) is 23.9. The molecule has 2 aliphatic rings. The van der Waals surface area contributed by atoms with E-state index < -0.39 is 22.1 Å². The minimum absolute atomic E-state index is 0.0356. The van der Waals surface area contributed by atoms with Crippen molar-refractivity contribution in [1.82, 2.24) is 4.72 Å². The van der Waals surface area contributed by atoms with Crippen molar-refractivity contribution in [3.8, 4) is 0 Å². The molecule has 0 spiro atoms. The number of nitrogens with one attached hydrogen (secondary N) is 1. The maximum Gasteiger partial charge on any atom is 0.338 e. The summed E-state index contributed by atoms with van der Waals surface area (Å²) in [6, 6.07) is 3.88. The van der Waals surface area contributed by atoms with Crippen LogP contribution in [0.3, 0.4) is 0 Å². The Labute approximate surface area is 145 Å². The van der Waals surface area contributed by atoms with Crippen molar-refractivity contribution in [1.29, 1.82) is 0 Å². The number of esters is 1. The van der Waals surface area contributed by atoms with Gasteiger partial charge in [-0.1, -0.05) is 11.6 Å². The first-order valence-corrected chi connectivity index (χ1v) is 9.78. The summed E-state index contributed by atoms with van der Waals surface area (Å²) in [5.74, 6) is -0.804. The summed E-state index contributed by atoms with van der Waals surface area (Å²) in [6.07, 6.45) is 3.39. The maximum absolute atomic E-state index is 12.3. The normalized spacial score (nSPS) is 21.5. The fourth-order valence-electron chi connectivity index (χ4n) is 2.59. The van der Waals surface area contributed by atoms with Gasteiger partial charge in [0.15, 0.2) is 11.9 Å². The van der Waals surface area contributed by atoms with Gasteiger partial charge in [0.05, 0.1) is 10.6 Å². The molecule has 1 aromatic carbocycles. The fraction of sp³-hybridized carbons (Fsp3) is 0.500. The van der Waals surface area contributed by atoms with Gasteiger partial charge in [-0.3, -0.25) is 4.79 Å². The predicted molar refractivity (Wildman–Crippen MR) is 87.5 cm³/mol. The topological polar surface area (TPSA) is 89.5 Å². The van der Waals surface area contributed by atoms with Crippen LogP contribution >= 0.6 is 11.6 Å². The smallest absolute Gasteiger partial charge is 0.338 e. The highest BCUT2D eigenvalue weighted by Gasteiger charge is 2.31. The van der Waals surface area contributed by atoms with Crippen molar-refractivity contribution in [2.24, 2.45) is 0 Å². The second kappa shape index (κ2) is 6.82. The van der Waals surface area contributed by atoms with Crippen LogP contribution in [0.2, 0.25) is 5.02 Å². The molecule has 0 bridgehead atoms. The lowest BCUT2D eigenvalue weighted by molar-refractivity contribution is -0.129. The van der Waals surface area contributed by atoms with E-state index in [1.54, 1.807) is 0 Å². The van der Waals surface area contributed by atoms with Crippen molar-refractivity contribution >= 4 is 33.4 Å². The molecule has 0 aliphatic heterocycles. The van der Waals surface area contributed by atoms with Crippen LogP contribution in [0.5, 0.6) is 0 Å². The number of carbonyl (C=O) groups is 2. The number of ketones is 1. The maximum atomic E-state index is 12.3. The van der Waals surface area contributed by atoms with E-state index in [9.17, 15) is 18.0 Å². The van der Waals surface area contributed by atoms with Gasteiger partial charge in [0.25, 0.3) is 0 Å². The first-order chi connectivity index (χ1) is 11.4. The van der Waals surface area contributed by atoms with Gasteiger partial charge in [0.1, 0.15) is 4.90 Å². The standard InChI is InChI=1S/C16H18ClNO5S/c17-12-8-5-10(9-15(12)24(21,22)18-11-6-7-11)16(20)23-14-4-2-1-3-13(14)19/h5,8-9,11,14,18H,1-4,6-7H2/t14-/m1/s1. The molecule has 8 heteroatoms. The molecule has 0 saturated heterocycles. The zero-order chi connectivity index (χ0) is 17.3. The van der Waals surface area contributed by atoms with Gasteiger partial charge in [0, 0.05) is 12.5 Å². The van der Waals surface area contributed by atoms with Crippen LogP contribution in [0.1, 0.15) is 48.9 Å². The van der Waals surface area contributed by atoms with Crippen LogP contribution in [0.4, 0.5) is 0 Å². The number of Topliss-reactive ketones (excluding diaryl/α,β-unsaturated/α-hetero) is 1. The zero-order valence-corrected chi connectivity index (χ0v) is 14.5. The molecular weight excluding hydrogens is 354 g/mol. The molecule has 24 heavy (non-hydrogen) atoms. The number of sulfonamides is 1. The van der Waals surface area contributed by atoms with E-state index in [1.165, 1.54) is 18.2 Å². The Morgan fingerprint density at radius 3 is 2.62 bits per heavy atom. The lowest BCUT2D eigenvalue weighted by Gasteiger charge is -2.20. The van der Waals surface area contributed by atoms with Crippen LogP contribution in [-0.2, 0) is 19.6 Å². The summed E-state index contributed by atoms with van der Waals surface area (Å²) in [6.45, 7) is 0. The van der Waals surface area contributed by atoms with Gasteiger partial charge in [-0.05, 0) is 50.3 Å². The molecule has 6 nitrogen and oxygen atoms in total. The van der Waals surface area contributed by atoms with Gasteiger partial charge >= 0.3 is 5.97 Å². The fourth-order valence-corrected chi connectivity index (χ4v) is 4.42. The van der Waals surface area contributed by atoms with E-state index in [2.05, 4.69) is 4.72 Å². The van der Waals surface area contributed by atoms with Gasteiger partial charge in [-0.15, -0.1) is 0 Å². The first-order valence-electron chi connectivity index (χ1n) is 7.92. The van der Waals surface area contributed by atoms with E-state index in [-0.39, 0.29) is 27.3 Å². The quantitative estimate of drug-likeness (QED) is 0.803. The minimum Gasteiger partial charge on any atom is -0.451 e. The predicted octanol–water partition coefficient (Wildman–Crippen LogP) is 2.45. The van der Waals surface area contributed by atoms with E-state index in [4.69, 9.17) is 16.3 Å². The average Bonchev–Trinajstić information content (AvgIpc) is 3.33. The van der Waals surface area contributed by atoms with Crippen molar-refractivity contribution < 1.29 is 22.7 Å². The number of rotatable bonds is 5. The van der Waals surface area contributed by atoms with Crippen molar-refractivity contribution in [2.75, 3.05) is 0 Å². The molecule has 1 aromatic rings. The SMILES string of the molecule is O=C(O[C@@H]1CCCCC1=O)c1ccc(Cl)c(S(=O)(=O)NC2CC2)c1. The Balaban J connectivity index is 1.79. The number of carbonyl (C=O) groups excluding carboxylic acids is 2. The highest BCUT2D eigenvalue weighted by Crippen LogP contribution is 2.27. The number of benzene rings is 1. The molecule has 0 aromatic heterocycles. The Kier molecular flexibility index (Phi) is 4.94. The lowest BCUT2D eigenvalue weighted by Crippen LogP contribution is -2.30. The molecule has 0 unspecified atom stereocenters. The van der Waals surface area contributed by atoms with Crippen LogP contribution in [0.15, 0.2) is 23.1 Å². The Morgan fingerprint density at radius 2 is 1.96 bits per heavy atom. The van der Waals surface area contributed by atoms with Crippen molar-refractivity contribution in [3.05, 3.63) is 28.8 Å². The van der Waals surface area contributed by atoms with Gasteiger partial charge < -0.3 is 4.74 Å². The minimum atomic E-state index is -3.78. The van der Waals surface area contributed by atoms with E-state index >= 15 is 0 Å². The highest BCUT2D eigenvalue weighted by atomic mass is 35.5. The molecule has 0 heterocycles. The van der Waals surface area contributed by atoms with Gasteiger partial charge in [-0.25, -0.2) is 17.9 Å². The third-order valence-corrected chi connectivity index (χ3v) is 6.11. The Morgan fingerprint density at radius 1 is 1.21 bits per heavy atom. The van der Waals surface area contributed by atoms with Crippen LogP contribution in [0, 0.1) is 0 Å². The molecule has 2 saturated carbocycles. The summed E-state index contributed by atoms with van der Waals surface area (Å²) in [5, 5.41) is 0.0356. The third-order valence-electron chi connectivity index (χ3n) is 4.10. The Hall–Kier alpha value is -1.44. The molecule has 1 atom stereocenters. The molecule has 1 N–H and O–H groups in total. The number of hydrogen-bond acceptors (Lipinski definition) is 5. The van der Waals surface area contributed by atoms with E-state index in [0.29, 0.717) is 12.8 Å². The first kappa shape index (κ1) is 17.4. The lowest BCUT2D eigenvalue weighted by atomic mass is 9.96. The van der Waals surface area contributed by atoms with Gasteiger partial charge in [-0.2, -0.15) is 0 Å². The number of hydrogen-bond donors (Lipinski definition) is 1. The molecule has 3 rings (SSSR count). The summed E-state index contributed by atoms with van der Waals surface area (Å²) < 4.78 is 32.4. The number of ether oxygens (including phenoxy) is 1. The molecule has 0 radical (unpaired) electrons. The molecule has 130 valence electrons. The zero-order valence-electron chi connectivity index (χ0n) is 13.0. The van der Waals surface area contributed by atoms with E-state index in [0.717, 1.165) is 25.7 Å². The van der Waals surface area contributed by atoms with E-state index in [1.807, 2.05) is 0 Å². The third kappa shape index (κ3) is 3.96. The van der Waals surface area contributed by atoms with Crippen molar-refractivity contribution in [3.63, 3.8) is 0 Å². The van der Waals surface area contributed by atoms with Crippen LogP contribution in [0.25, 0.3) is 0 Å². The summed E-state index contributed by atoms with van der Waals surface area (Å²) in [7, 11) is -3.78. The molecule has 2 aliphatic carbocycles. The van der Waals surface area contributed by atoms with Crippen LogP contribution < -0.4 is 4.72 Å². The second-order valence-corrected chi connectivity index (χ2v) is 8.24. The molecular formula is C16H18ClNO5S. The van der Waals surface area contributed by atoms with Gasteiger partial charge in [0.2, 0.25) is 10.0 Å². The van der Waals surface area contributed by atoms with Crippen LogP contribution in [-0.4, -0.2) is 32.3 Å². The summed E-state index contributed by atoms with van der Waals surface area (Å²) in [5.41, 5.74) is 0.0638. The highest BCUT2D eigenvalue weighted by molar-refractivity contribution is 7.89.